The molecule has 0 bridgehead atoms. The van der Waals surface area contributed by atoms with Crippen LogP contribution in [0.5, 0.6) is 0 Å². The SMILES string of the molecule is CCC(C)(CC)NC1CC1c1ccccc1. The van der Waals surface area contributed by atoms with E-state index in [-0.39, 0.29) is 0 Å². The maximum atomic E-state index is 3.82. The van der Waals surface area contributed by atoms with Crippen LogP contribution >= 0.6 is 0 Å². The Kier molecular flexibility index (Phi) is 3.34. The van der Waals surface area contributed by atoms with E-state index in [9.17, 15) is 0 Å². The van der Waals surface area contributed by atoms with Crippen LogP contribution in [0.1, 0.15) is 51.5 Å². The van der Waals surface area contributed by atoms with Gasteiger partial charge in [-0.2, -0.15) is 0 Å². The van der Waals surface area contributed by atoms with Crippen LogP contribution in [0.4, 0.5) is 0 Å². The van der Waals surface area contributed by atoms with E-state index in [0.717, 1.165) is 5.92 Å². The average molecular weight is 217 g/mol. The quantitative estimate of drug-likeness (QED) is 0.792. The Morgan fingerprint density at radius 3 is 2.38 bits per heavy atom. The minimum Gasteiger partial charge on any atom is -0.308 e. The van der Waals surface area contributed by atoms with Gasteiger partial charge in [0.15, 0.2) is 0 Å². The second kappa shape index (κ2) is 4.58. The van der Waals surface area contributed by atoms with Crippen molar-refractivity contribution in [3.05, 3.63) is 35.9 Å². The Balaban J connectivity index is 1.93. The fourth-order valence-electron chi connectivity index (χ4n) is 2.32. The van der Waals surface area contributed by atoms with Crippen LogP contribution in [0.3, 0.4) is 0 Å². The van der Waals surface area contributed by atoms with E-state index < -0.39 is 0 Å². The second-order valence-corrected chi connectivity index (χ2v) is 5.27. The summed E-state index contributed by atoms with van der Waals surface area (Å²) >= 11 is 0. The Hall–Kier alpha value is -0.820. The molecule has 2 rings (SSSR count). The molecule has 0 radical (unpaired) electrons. The first-order chi connectivity index (χ1) is 7.68. The van der Waals surface area contributed by atoms with E-state index in [0.29, 0.717) is 11.6 Å². The van der Waals surface area contributed by atoms with Gasteiger partial charge < -0.3 is 5.32 Å². The van der Waals surface area contributed by atoms with Crippen LogP contribution in [0.2, 0.25) is 0 Å². The molecule has 16 heavy (non-hydrogen) atoms. The molecule has 0 aromatic heterocycles. The summed E-state index contributed by atoms with van der Waals surface area (Å²) in [6, 6.07) is 11.6. The minimum atomic E-state index is 0.328. The first kappa shape index (κ1) is 11.7. The monoisotopic (exact) mass is 217 g/mol. The zero-order chi connectivity index (χ0) is 11.6. The predicted molar refractivity (Wildman–Crippen MR) is 69.7 cm³/mol. The van der Waals surface area contributed by atoms with Crippen LogP contribution in [0, 0.1) is 0 Å². The molecule has 88 valence electrons. The van der Waals surface area contributed by atoms with Crippen molar-refractivity contribution in [2.75, 3.05) is 0 Å². The first-order valence-electron chi connectivity index (χ1n) is 6.51. The molecule has 1 aliphatic rings. The number of rotatable bonds is 5. The summed E-state index contributed by atoms with van der Waals surface area (Å²) < 4.78 is 0. The molecule has 0 saturated heterocycles. The highest BCUT2D eigenvalue weighted by atomic mass is 15.0. The Bertz CT molecular complexity index is 327. The Morgan fingerprint density at radius 2 is 1.81 bits per heavy atom. The van der Waals surface area contributed by atoms with Gasteiger partial charge in [-0.05, 0) is 31.7 Å². The fourth-order valence-corrected chi connectivity index (χ4v) is 2.32. The standard InChI is InChI=1S/C15H23N/c1-4-15(3,5-2)16-14-11-13(14)12-9-7-6-8-10-12/h6-10,13-14,16H,4-5,11H2,1-3H3. The maximum absolute atomic E-state index is 3.82. The molecule has 0 aliphatic heterocycles. The molecule has 1 nitrogen and oxygen atoms in total. The smallest absolute Gasteiger partial charge is 0.0150 e. The summed E-state index contributed by atoms with van der Waals surface area (Å²) in [5.41, 5.74) is 1.82. The van der Waals surface area contributed by atoms with Crippen molar-refractivity contribution < 1.29 is 0 Å². The fraction of sp³-hybridized carbons (Fsp3) is 0.600. The summed E-state index contributed by atoms with van der Waals surface area (Å²) in [7, 11) is 0. The van der Waals surface area contributed by atoms with E-state index in [1.807, 2.05) is 0 Å². The summed E-state index contributed by atoms with van der Waals surface area (Å²) in [5, 5.41) is 3.82. The number of hydrogen-bond donors (Lipinski definition) is 1. The predicted octanol–water partition coefficient (Wildman–Crippen LogP) is 3.71. The Morgan fingerprint density at radius 1 is 1.19 bits per heavy atom. The van der Waals surface area contributed by atoms with Crippen molar-refractivity contribution >= 4 is 0 Å². The maximum Gasteiger partial charge on any atom is 0.0150 e. The van der Waals surface area contributed by atoms with Crippen molar-refractivity contribution in [3.8, 4) is 0 Å². The van der Waals surface area contributed by atoms with Crippen molar-refractivity contribution in [1.82, 2.24) is 5.32 Å². The highest BCUT2D eigenvalue weighted by Gasteiger charge is 2.41. The van der Waals surface area contributed by atoms with Gasteiger partial charge in [-0.1, -0.05) is 44.2 Å². The molecule has 1 aliphatic carbocycles. The molecule has 1 N–H and O–H groups in total. The molecule has 0 amide bonds. The molecule has 1 fully saturated rings. The number of hydrogen-bond acceptors (Lipinski definition) is 1. The van der Waals surface area contributed by atoms with E-state index in [1.54, 1.807) is 0 Å². The van der Waals surface area contributed by atoms with E-state index in [2.05, 4.69) is 56.4 Å². The number of benzene rings is 1. The van der Waals surface area contributed by atoms with Crippen molar-refractivity contribution in [1.29, 1.82) is 0 Å². The molecule has 1 aromatic carbocycles. The van der Waals surface area contributed by atoms with Gasteiger partial charge in [0.25, 0.3) is 0 Å². The van der Waals surface area contributed by atoms with Crippen LogP contribution in [-0.2, 0) is 0 Å². The van der Waals surface area contributed by atoms with E-state index in [1.165, 1.54) is 24.8 Å². The third-order valence-corrected chi connectivity index (χ3v) is 4.11. The lowest BCUT2D eigenvalue weighted by Crippen LogP contribution is -2.42. The molecule has 2 atom stereocenters. The number of nitrogens with one attached hydrogen (secondary N) is 1. The van der Waals surface area contributed by atoms with Crippen LogP contribution in [-0.4, -0.2) is 11.6 Å². The average Bonchev–Trinajstić information content (AvgIpc) is 3.09. The molecule has 2 unspecified atom stereocenters. The molecular formula is C15H23N. The lowest BCUT2D eigenvalue weighted by Gasteiger charge is -2.28. The normalized spacial score (nSPS) is 24.4. The highest BCUT2D eigenvalue weighted by Crippen LogP contribution is 2.42. The van der Waals surface area contributed by atoms with Gasteiger partial charge in [0, 0.05) is 17.5 Å². The van der Waals surface area contributed by atoms with Crippen molar-refractivity contribution in [2.24, 2.45) is 0 Å². The molecule has 1 saturated carbocycles. The van der Waals surface area contributed by atoms with Gasteiger partial charge in [0.2, 0.25) is 0 Å². The lowest BCUT2D eigenvalue weighted by molar-refractivity contribution is 0.326. The largest absolute Gasteiger partial charge is 0.308 e. The van der Waals surface area contributed by atoms with Gasteiger partial charge in [-0.3, -0.25) is 0 Å². The summed E-state index contributed by atoms with van der Waals surface area (Å²) in [6.07, 6.45) is 3.72. The Labute approximate surface area is 99.3 Å². The lowest BCUT2D eigenvalue weighted by atomic mass is 9.95. The zero-order valence-electron chi connectivity index (χ0n) is 10.7. The third-order valence-electron chi connectivity index (χ3n) is 4.11. The van der Waals surface area contributed by atoms with Crippen molar-refractivity contribution in [2.45, 2.75) is 57.5 Å². The molecule has 0 spiro atoms. The molecule has 1 aromatic rings. The van der Waals surface area contributed by atoms with Crippen molar-refractivity contribution in [3.63, 3.8) is 0 Å². The van der Waals surface area contributed by atoms with E-state index in [4.69, 9.17) is 0 Å². The molecular weight excluding hydrogens is 194 g/mol. The third kappa shape index (κ3) is 2.46. The topological polar surface area (TPSA) is 12.0 Å². The van der Waals surface area contributed by atoms with Gasteiger partial charge in [-0.25, -0.2) is 0 Å². The van der Waals surface area contributed by atoms with E-state index >= 15 is 0 Å². The second-order valence-electron chi connectivity index (χ2n) is 5.27. The molecule has 0 heterocycles. The van der Waals surface area contributed by atoms with Crippen LogP contribution in [0.15, 0.2) is 30.3 Å². The van der Waals surface area contributed by atoms with Crippen LogP contribution < -0.4 is 5.32 Å². The summed E-state index contributed by atoms with van der Waals surface area (Å²) in [6.45, 7) is 6.89. The van der Waals surface area contributed by atoms with Gasteiger partial charge in [0.05, 0.1) is 0 Å². The minimum absolute atomic E-state index is 0.328. The zero-order valence-corrected chi connectivity index (χ0v) is 10.7. The summed E-state index contributed by atoms with van der Waals surface area (Å²) in [4.78, 5) is 0. The summed E-state index contributed by atoms with van der Waals surface area (Å²) in [5.74, 6) is 0.749. The first-order valence-corrected chi connectivity index (χ1v) is 6.51. The highest BCUT2D eigenvalue weighted by molar-refractivity contribution is 5.28. The van der Waals surface area contributed by atoms with Gasteiger partial charge in [0.1, 0.15) is 0 Å². The van der Waals surface area contributed by atoms with Gasteiger partial charge >= 0.3 is 0 Å². The molecule has 1 heteroatoms. The van der Waals surface area contributed by atoms with Gasteiger partial charge in [-0.15, -0.1) is 0 Å². The van der Waals surface area contributed by atoms with Crippen LogP contribution in [0.25, 0.3) is 0 Å².